The summed E-state index contributed by atoms with van der Waals surface area (Å²) in [5, 5.41) is 9.32. The minimum atomic E-state index is 0.697. The van der Waals surface area contributed by atoms with Crippen LogP contribution in [0.5, 0.6) is 0 Å². The molecule has 0 saturated heterocycles. The van der Waals surface area contributed by atoms with Gasteiger partial charge in [0.05, 0.1) is 5.69 Å². The highest BCUT2D eigenvalue weighted by Crippen LogP contribution is 2.33. The van der Waals surface area contributed by atoms with Gasteiger partial charge in [0.25, 0.3) is 0 Å². The van der Waals surface area contributed by atoms with Gasteiger partial charge in [-0.1, -0.05) is 11.3 Å². The van der Waals surface area contributed by atoms with Crippen LogP contribution >= 0.6 is 11.3 Å². The molecule has 0 unspecified atom stereocenters. The predicted octanol–water partition coefficient (Wildman–Crippen LogP) is 2.47. The average Bonchev–Trinajstić information content (AvgIpc) is 2.53. The molecule has 0 bridgehead atoms. The molecule has 2 aliphatic rings. The van der Waals surface area contributed by atoms with Crippen LogP contribution in [0.4, 0.5) is 10.1 Å². The monoisotopic (exact) mass is 209 g/mol. The minimum absolute atomic E-state index is 0.697. The first-order valence-electron chi connectivity index (χ1n) is 5.42. The average molecular weight is 209 g/mol. The summed E-state index contributed by atoms with van der Waals surface area (Å²) in [6, 6.07) is 0.697. The number of fused-ring (bicyclic) bond motifs is 1. The lowest BCUT2D eigenvalue weighted by Gasteiger charge is -2.25. The number of nitrogens with zero attached hydrogens (tertiary/aromatic N) is 1. The molecule has 76 valence electrons. The fourth-order valence-corrected chi connectivity index (χ4v) is 2.92. The third-order valence-electron chi connectivity index (χ3n) is 3.01. The molecule has 0 atom stereocenters. The Kier molecular flexibility index (Phi) is 2.09. The molecular formula is C10H15N3S. The van der Waals surface area contributed by atoms with E-state index in [1.165, 1.54) is 36.4 Å². The lowest BCUT2D eigenvalue weighted by Crippen LogP contribution is -2.26. The molecular weight excluding hydrogens is 194 g/mol. The number of hydrogen-bond donors (Lipinski definition) is 2. The number of aryl methyl sites for hydroxylation is 1. The van der Waals surface area contributed by atoms with E-state index in [1.807, 2.05) is 0 Å². The second-order valence-electron chi connectivity index (χ2n) is 4.10. The molecule has 1 aromatic rings. The Bertz CT molecular complexity index is 307. The van der Waals surface area contributed by atoms with Crippen LogP contribution in [0.1, 0.15) is 31.4 Å². The number of hydrogen-bond acceptors (Lipinski definition) is 4. The second kappa shape index (κ2) is 3.42. The van der Waals surface area contributed by atoms with E-state index in [0.29, 0.717) is 6.04 Å². The fourth-order valence-electron chi connectivity index (χ4n) is 1.91. The van der Waals surface area contributed by atoms with Gasteiger partial charge in [-0.3, -0.25) is 0 Å². The summed E-state index contributed by atoms with van der Waals surface area (Å²) in [6.07, 6.45) is 6.38. The molecule has 1 aliphatic heterocycles. The van der Waals surface area contributed by atoms with Crippen LogP contribution in [-0.2, 0) is 6.42 Å². The maximum atomic E-state index is 4.62. The summed E-state index contributed by atoms with van der Waals surface area (Å²) in [6.45, 7) is 1.11. The lowest BCUT2D eigenvalue weighted by molar-refractivity contribution is 0.445. The van der Waals surface area contributed by atoms with Crippen LogP contribution in [0, 0.1) is 0 Å². The first-order chi connectivity index (χ1) is 6.92. The molecule has 4 heteroatoms. The Morgan fingerprint density at radius 2 is 2.29 bits per heavy atom. The summed E-state index contributed by atoms with van der Waals surface area (Å²) in [4.78, 5) is 4.62. The van der Waals surface area contributed by atoms with Gasteiger partial charge in [0, 0.05) is 12.6 Å². The van der Waals surface area contributed by atoms with Gasteiger partial charge in [-0.2, -0.15) is 0 Å². The van der Waals surface area contributed by atoms with Crippen LogP contribution in [0.25, 0.3) is 0 Å². The molecule has 3 nitrogen and oxygen atoms in total. The van der Waals surface area contributed by atoms with Crippen molar-refractivity contribution < 1.29 is 0 Å². The highest BCUT2D eigenvalue weighted by Gasteiger charge is 2.20. The third kappa shape index (κ3) is 1.47. The summed E-state index contributed by atoms with van der Waals surface area (Å²) >= 11 is 1.78. The molecule has 0 radical (unpaired) electrons. The zero-order chi connectivity index (χ0) is 9.38. The van der Waals surface area contributed by atoms with Crippen LogP contribution in [0.2, 0.25) is 0 Å². The van der Waals surface area contributed by atoms with Gasteiger partial charge in [-0.05, 0) is 32.1 Å². The van der Waals surface area contributed by atoms with Crippen molar-refractivity contribution in [1.29, 1.82) is 0 Å². The van der Waals surface area contributed by atoms with Crippen molar-refractivity contribution in [3.63, 3.8) is 0 Å². The summed E-state index contributed by atoms with van der Waals surface area (Å²) in [5.74, 6) is 0. The van der Waals surface area contributed by atoms with Crippen LogP contribution in [0.15, 0.2) is 0 Å². The Labute approximate surface area is 87.9 Å². The molecule has 0 amide bonds. The molecule has 1 aromatic heterocycles. The zero-order valence-electron chi connectivity index (χ0n) is 8.18. The lowest BCUT2D eigenvalue weighted by atomic mass is 9.93. The first-order valence-corrected chi connectivity index (χ1v) is 6.23. The van der Waals surface area contributed by atoms with Crippen molar-refractivity contribution in [1.82, 2.24) is 4.98 Å². The Hall–Kier alpha value is -0.770. The van der Waals surface area contributed by atoms with Crippen molar-refractivity contribution >= 4 is 21.5 Å². The van der Waals surface area contributed by atoms with Gasteiger partial charge in [0.1, 0.15) is 5.00 Å². The molecule has 1 aliphatic carbocycles. The van der Waals surface area contributed by atoms with Gasteiger partial charge in [0.2, 0.25) is 0 Å². The molecule has 2 N–H and O–H groups in total. The first kappa shape index (κ1) is 8.53. The number of anilines is 2. The van der Waals surface area contributed by atoms with Gasteiger partial charge in [-0.15, -0.1) is 0 Å². The molecule has 14 heavy (non-hydrogen) atoms. The van der Waals surface area contributed by atoms with E-state index in [1.54, 1.807) is 11.3 Å². The fraction of sp³-hybridized carbons (Fsp3) is 0.700. The minimum Gasteiger partial charge on any atom is -0.375 e. The molecule has 0 aromatic carbocycles. The molecule has 0 spiro atoms. The molecule has 3 rings (SSSR count). The number of nitrogens with one attached hydrogen (secondary N) is 2. The highest BCUT2D eigenvalue weighted by atomic mass is 32.1. The molecule has 1 fully saturated rings. The third-order valence-corrected chi connectivity index (χ3v) is 3.99. The number of rotatable bonds is 2. The van der Waals surface area contributed by atoms with Crippen molar-refractivity contribution in [2.75, 3.05) is 17.2 Å². The van der Waals surface area contributed by atoms with E-state index in [-0.39, 0.29) is 0 Å². The second-order valence-corrected chi connectivity index (χ2v) is 5.10. The molecule has 2 heterocycles. The summed E-state index contributed by atoms with van der Waals surface area (Å²) < 4.78 is 0. The van der Waals surface area contributed by atoms with Crippen LogP contribution in [0.3, 0.4) is 0 Å². The summed E-state index contributed by atoms with van der Waals surface area (Å²) in [5.41, 5.74) is 1.27. The Morgan fingerprint density at radius 1 is 1.36 bits per heavy atom. The quantitative estimate of drug-likeness (QED) is 0.785. The maximum absolute atomic E-state index is 4.62. The van der Waals surface area contributed by atoms with E-state index in [2.05, 4.69) is 15.6 Å². The SMILES string of the molecule is C1CNc2sc(NC3CCC3)nc2C1. The Balaban J connectivity index is 1.74. The van der Waals surface area contributed by atoms with E-state index < -0.39 is 0 Å². The van der Waals surface area contributed by atoms with Crippen LogP contribution in [-0.4, -0.2) is 17.6 Å². The van der Waals surface area contributed by atoms with Gasteiger partial charge in [0.15, 0.2) is 5.13 Å². The van der Waals surface area contributed by atoms with Crippen molar-refractivity contribution in [3.8, 4) is 0 Å². The van der Waals surface area contributed by atoms with E-state index in [0.717, 1.165) is 18.1 Å². The van der Waals surface area contributed by atoms with Crippen molar-refractivity contribution in [2.24, 2.45) is 0 Å². The van der Waals surface area contributed by atoms with Gasteiger partial charge < -0.3 is 10.6 Å². The highest BCUT2D eigenvalue weighted by molar-refractivity contribution is 7.19. The molecule has 1 saturated carbocycles. The number of thiazole rings is 1. The van der Waals surface area contributed by atoms with Crippen LogP contribution < -0.4 is 10.6 Å². The largest absolute Gasteiger partial charge is 0.375 e. The summed E-state index contributed by atoms with van der Waals surface area (Å²) in [7, 11) is 0. The van der Waals surface area contributed by atoms with Gasteiger partial charge >= 0.3 is 0 Å². The Morgan fingerprint density at radius 3 is 3.00 bits per heavy atom. The topological polar surface area (TPSA) is 37.0 Å². The van der Waals surface area contributed by atoms with E-state index in [9.17, 15) is 0 Å². The normalized spacial score (nSPS) is 20.9. The van der Waals surface area contributed by atoms with E-state index in [4.69, 9.17) is 0 Å². The number of aromatic nitrogens is 1. The smallest absolute Gasteiger partial charge is 0.185 e. The van der Waals surface area contributed by atoms with Gasteiger partial charge in [-0.25, -0.2) is 4.98 Å². The van der Waals surface area contributed by atoms with Crippen molar-refractivity contribution in [2.45, 2.75) is 38.1 Å². The standard InChI is InChI=1S/C10H15N3S/c1-3-7(4-1)12-10-13-8-5-2-6-11-9(8)14-10/h7,11H,1-6H2,(H,12,13). The van der Waals surface area contributed by atoms with Crippen molar-refractivity contribution in [3.05, 3.63) is 5.69 Å². The predicted molar refractivity (Wildman–Crippen MR) is 60.2 cm³/mol. The van der Waals surface area contributed by atoms with E-state index >= 15 is 0 Å². The maximum Gasteiger partial charge on any atom is 0.185 e. The zero-order valence-corrected chi connectivity index (χ0v) is 8.99.